The first-order valence-corrected chi connectivity index (χ1v) is 11.1. The SMILES string of the molecule is COC(=O)c1cnccc1[Si](c1ccccc1)(c1ccccc1)C(C)(C)C. The average Bonchev–Trinajstić information content (AvgIpc) is 2.69. The normalized spacial score (nSPS) is 11.9. The molecular formula is C23H25NO2Si. The third-order valence-electron chi connectivity index (χ3n) is 5.17. The van der Waals surface area contributed by atoms with Crippen LogP contribution in [0, 0.1) is 0 Å². The maximum Gasteiger partial charge on any atom is 0.339 e. The molecule has 0 atom stereocenters. The van der Waals surface area contributed by atoms with E-state index in [0.29, 0.717) is 5.56 Å². The molecule has 0 aliphatic carbocycles. The second kappa shape index (κ2) is 7.49. The highest BCUT2D eigenvalue weighted by molar-refractivity contribution is 7.13. The average molecular weight is 376 g/mol. The molecule has 4 heteroatoms. The smallest absolute Gasteiger partial charge is 0.339 e. The van der Waals surface area contributed by atoms with Crippen LogP contribution in [0.5, 0.6) is 0 Å². The first-order chi connectivity index (χ1) is 12.9. The van der Waals surface area contributed by atoms with Gasteiger partial charge in [0, 0.05) is 12.4 Å². The van der Waals surface area contributed by atoms with Crippen molar-refractivity contribution in [2.45, 2.75) is 25.8 Å². The Balaban J connectivity index is 2.48. The first-order valence-electron chi connectivity index (χ1n) is 9.06. The van der Waals surface area contributed by atoms with Crippen LogP contribution in [0.1, 0.15) is 31.1 Å². The summed E-state index contributed by atoms with van der Waals surface area (Å²) < 4.78 is 5.10. The topological polar surface area (TPSA) is 39.2 Å². The molecule has 3 aromatic rings. The van der Waals surface area contributed by atoms with Crippen LogP contribution < -0.4 is 15.6 Å². The van der Waals surface area contributed by atoms with Gasteiger partial charge < -0.3 is 4.74 Å². The number of nitrogens with zero attached hydrogens (tertiary/aromatic N) is 1. The Morgan fingerprint density at radius 2 is 1.41 bits per heavy atom. The van der Waals surface area contributed by atoms with Crippen molar-refractivity contribution in [2.75, 3.05) is 7.11 Å². The van der Waals surface area contributed by atoms with Crippen molar-refractivity contribution in [3.63, 3.8) is 0 Å². The van der Waals surface area contributed by atoms with Gasteiger partial charge in [0.05, 0.1) is 12.7 Å². The Hall–Kier alpha value is -2.72. The highest BCUT2D eigenvalue weighted by Crippen LogP contribution is 2.36. The molecule has 0 unspecified atom stereocenters. The second-order valence-corrected chi connectivity index (χ2v) is 12.3. The number of rotatable bonds is 4. The predicted octanol–water partition coefficient (Wildman–Crippen LogP) is 3.14. The zero-order chi connectivity index (χ0) is 19.5. The number of ether oxygens (including phenoxy) is 1. The molecule has 3 nitrogen and oxygen atoms in total. The summed E-state index contributed by atoms with van der Waals surface area (Å²) in [6.07, 6.45) is 3.42. The molecule has 3 rings (SSSR count). The summed E-state index contributed by atoms with van der Waals surface area (Å²) in [5.41, 5.74) is 0.550. The van der Waals surface area contributed by atoms with Gasteiger partial charge in [-0.15, -0.1) is 0 Å². The van der Waals surface area contributed by atoms with Crippen LogP contribution in [-0.4, -0.2) is 26.1 Å². The van der Waals surface area contributed by atoms with Crippen molar-refractivity contribution in [2.24, 2.45) is 0 Å². The summed E-state index contributed by atoms with van der Waals surface area (Å²) in [6, 6.07) is 23.1. The van der Waals surface area contributed by atoms with Gasteiger partial charge in [-0.3, -0.25) is 4.98 Å². The largest absolute Gasteiger partial charge is 0.465 e. The van der Waals surface area contributed by atoms with Crippen LogP contribution in [0.2, 0.25) is 5.04 Å². The third-order valence-corrected chi connectivity index (χ3v) is 11.1. The lowest BCUT2D eigenvalue weighted by Gasteiger charge is -2.45. The summed E-state index contributed by atoms with van der Waals surface area (Å²) >= 11 is 0. The van der Waals surface area contributed by atoms with Crippen molar-refractivity contribution >= 4 is 29.6 Å². The predicted molar refractivity (Wildman–Crippen MR) is 113 cm³/mol. The minimum Gasteiger partial charge on any atom is -0.465 e. The summed E-state index contributed by atoms with van der Waals surface area (Å²) in [5.74, 6) is -0.342. The fourth-order valence-corrected chi connectivity index (χ4v) is 9.89. The van der Waals surface area contributed by atoms with Crippen molar-refractivity contribution in [1.82, 2.24) is 4.98 Å². The van der Waals surface area contributed by atoms with Gasteiger partial charge in [-0.25, -0.2) is 4.79 Å². The lowest BCUT2D eigenvalue weighted by Crippen LogP contribution is -2.73. The van der Waals surface area contributed by atoms with E-state index in [2.05, 4.69) is 74.3 Å². The fraction of sp³-hybridized carbons (Fsp3) is 0.217. The van der Waals surface area contributed by atoms with E-state index in [-0.39, 0.29) is 11.0 Å². The highest BCUT2D eigenvalue weighted by atomic mass is 28.3. The number of hydrogen-bond donors (Lipinski definition) is 0. The molecule has 1 heterocycles. The molecular weight excluding hydrogens is 350 g/mol. The van der Waals surface area contributed by atoms with E-state index in [1.165, 1.54) is 17.5 Å². The Labute approximate surface area is 162 Å². The first kappa shape index (κ1) is 19.0. The van der Waals surface area contributed by atoms with Crippen molar-refractivity contribution < 1.29 is 9.53 Å². The maximum absolute atomic E-state index is 12.6. The van der Waals surface area contributed by atoms with Gasteiger partial charge in [0.25, 0.3) is 0 Å². The molecule has 0 N–H and O–H groups in total. The zero-order valence-electron chi connectivity index (χ0n) is 16.3. The molecule has 0 saturated heterocycles. The monoisotopic (exact) mass is 375 g/mol. The lowest BCUT2D eigenvalue weighted by atomic mass is 10.2. The Kier molecular flexibility index (Phi) is 5.28. The molecule has 27 heavy (non-hydrogen) atoms. The minimum atomic E-state index is -2.59. The van der Waals surface area contributed by atoms with Crippen LogP contribution in [0.3, 0.4) is 0 Å². The number of carbonyl (C=O) groups is 1. The highest BCUT2D eigenvalue weighted by Gasteiger charge is 2.50. The molecule has 0 aliphatic rings. The van der Waals surface area contributed by atoms with Crippen molar-refractivity contribution in [1.29, 1.82) is 0 Å². The van der Waals surface area contributed by atoms with Gasteiger partial charge in [-0.2, -0.15) is 0 Å². The Morgan fingerprint density at radius 1 is 0.889 bits per heavy atom. The molecule has 0 fully saturated rings. The number of carbonyl (C=O) groups excluding carboxylic acids is 1. The van der Waals surface area contributed by atoms with Crippen molar-refractivity contribution in [3.8, 4) is 0 Å². The van der Waals surface area contributed by atoms with Gasteiger partial charge >= 0.3 is 5.97 Å². The zero-order valence-corrected chi connectivity index (χ0v) is 17.3. The van der Waals surface area contributed by atoms with E-state index in [9.17, 15) is 4.79 Å². The molecule has 0 spiro atoms. The van der Waals surface area contributed by atoms with Crippen LogP contribution in [0.4, 0.5) is 0 Å². The van der Waals surface area contributed by atoms with Crippen LogP contribution in [-0.2, 0) is 4.74 Å². The minimum absolute atomic E-state index is 0.0974. The Bertz CT molecular complexity index is 878. The summed E-state index contributed by atoms with van der Waals surface area (Å²) in [5, 5.41) is 3.47. The van der Waals surface area contributed by atoms with Gasteiger partial charge in [0.1, 0.15) is 0 Å². The molecule has 0 amide bonds. The van der Waals surface area contributed by atoms with Crippen molar-refractivity contribution in [3.05, 3.63) is 84.7 Å². The quantitative estimate of drug-likeness (QED) is 0.519. The van der Waals surface area contributed by atoms with Gasteiger partial charge in [0.2, 0.25) is 0 Å². The van der Waals surface area contributed by atoms with Crippen LogP contribution in [0.25, 0.3) is 0 Å². The Morgan fingerprint density at radius 3 is 1.85 bits per heavy atom. The van der Waals surface area contributed by atoms with Crippen LogP contribution >= 0.6 is 0 Å². The number of pyridine rings is 1. The van der Waals surface area contributed by atoms with E-state index in [1.54, 1.807) is 12.4 Å². The van der Waals surface area contributed by atoms with E-state index in [0.717, 1.165) is 5.19 Å². The van der Waals surface area contributed by atoms with Gasteiger partial charge in [0.15, 0.2) is 8.07 Å². The molecule has 1 aromatic heterocycles. The van der Waals surface area contributed by atoms with Gasteiger partial charge in [-0.05, 0) is 26.7 Å². The molecule has 138 valence electrons. The third kappa shape index (κ3) is 3.21. The van der Waals surface area contributed by atoms with E-state index in [1.807, 2.05) is 18.2 Å². The molecule has 0 bridgehead atoms. The molecule has 0 aliphatic heterocycles. The number of hydrogen-bond acceptors (Lipinski definition) is 3. The summed E-state index contributed by atoms with van der Waals surface area (Å²) in [7, 11) is -1.17. The standard InChI is InChI=1S/C23H25NO2Si/c1-23(2,3)27(18-11-7-5-8-12-18,19-13-9-6-10-14-19)21-15-16-24-17-20(21)22(25)26-4/h5-17H,1-4H3. The van der Waals surface area contributed by atoms with Crippen LogP contribution in [0.15, 0.2) is 79.1 Å². The van der Waals surface area contributed by atoms with Gasteiger partial charge in [-0.1, -0.05) is 81.4 Å². The summed E-state index contributed by atoms with van der Waals surface area (Å²) in [4.78, 5) is 16.8. The number of esters is 1. The van der Waals surface area contributed by atoms with E-state index < -0.39 is 8.07 Å². The molecule has 2 aromatic carbocycles. The number of aromatic nitrogens is 1. The van der Waals surface area contributed by atoms with E-state index >= 15 is 0 Å². The fourth-order valence-electron chi connectivity index (χ4n) is 4.12. The lowest BCUT2D eigenvalue weighted by molar-refractivity contribution is 0.0601. The number of methoxy groups -OCH3 is 1. The summed E-state index contributed by atoms with van der Waals surface area (Å²) in [6.45, 7) is 6.79. The molecule has 0 radical (unpaired) electrons. The number of benzene rings is 2. The maximum atomic E-state index is 12.6. The van der Waals surface area contributed by atoms with E-state index in [4.69, 9.17) is 4.74 Å². The second-order valence-electron chi connectivity index (χ2n) is 7.64. The molecule has 0 saturated carbocycles.